The fourth-order valence-electron chi connectivity index (χ4n) is 2.33. The first kappa shape index (κ1) is 13.5. The molecule has 0 saturated carbocycles. The molecule has 3 N–H and O–H groups in total. The van der Waals surface area contributed by atoms with Crippen LogP contribution in [0.5, 0.6) is 0 Å². The number of hydrogen-bond donors (Lipinski definition) is 2. The molecule has 1 atom stereocenters. The van der Waals surface area contributed by atoms with E-state index in [9.17, 15) is 14.0 Å². The second kappa shape index (κ2) is 5.36. The number of anilines is 1. The van der Waals surface area contributed by atoms with Crippen molar-refractivity contribution in [2.75, 3.05) is 12.3 Å². The molecule has 1 aliphatic rings. The molecular weight excluding hydrogens is 249 g/mol. The van der Waals surface area contributed by atoms with E-state index in [2.05, 4.69) is 5.32 Å². The van der Waals surface area contributed by atoms with Crippen LogP contribution in [0.2, 0.25) is 0 Å². The van der Waals surface area contributed by atoms with Gasteiger partial charge in [0.15, 0.2) is 0 Å². The lowest BCUT2D eigenvalue weighted by atomic mass is 10.1. The number of nitrogens with one attached hydrogen (secondary N) is 1. The van der Waals surface area contributed by atoms with E-state index in [1.807, 2.05) is 6.92 Å². The smallest absolute Gasteiger partial charge is 0.243 e. The molecule has 2 amide bonds. The summed E-state index contributed by atoms with van der Waals surface area (Å²) in [5, 5.41) is 2.30. The molecule has 0 spiro atoms. The fourth-order valence-corrected chi connectivity index (χ4v) is 2.33. The van der Waals surface area contributed by atoms with Gasteiger partial charge in [-0.2, -0.15) is 0 Å². The average Bonchev–Trinajstić information content (AvgIpc) is 2.26. The Morgan fingerprint density at radius 3 is 2.79 bits per heavy atom. The number of hydrogen-bond acceptors (Lipinski definition) is 4. The second-order valence-electron chi connectivity index (χ2n) is 4.63. The zero-order chi connectivity index (χ0) is 14.0. The molecule has 19 heavy (non-hydrogen) atoms. The number of halogens is 1. The molecule has 2 rings (SSSR count). The predicted octanol–water partition coefficient (Wildman–Crippen LogP) is 0.645. The molecule has 0 bridgehead atoms. The Kier molecular flexibility index (Phi) is 3.80. The third-order valence-electron chi connectivity index (χ3n) is 3.11. The van der Waals surface area contributed by atoms with Crippen molar-refractivity contribution < 1.29 is 14.0 Å². The van der Waals surface area contributed by atoms with E-state index in [4.69, 9.17) is 5.73 Å². The maximum atomic E-state index is 13.3. The summed E-state index contributed by atoms with van der Waals surface area (Å²) in [7, 11) is 0. The maximum absolute atomic E-state index is 13.3. The number of nitrogen functional groups attached to an aromatic ring is 1. The van der Waals surface area contributed by atoms with Gasteiger partial charge in [-0.3, -0.25) is 19.8 Å². The number of amides is 2. The van der Waals surface area contributed by atoms with Crippen molar-refractivity contribution in [1.29, 1.82) is 0 Å². The molecule has 102 valence electrons. The SMILES string of the molecule is CCC1C(=O)NC(=O)CN1Cc1cc(N)cc(F)c1. The molecule has 1 aliphatic heterocycles. The normalized spacial score (nSPS) is 20.4. The minimum atomic E-state index is -0.421. The number of imide groups is 1. The first-order valence-electron chi connectivity index (χ1n) is 6.12. The Morgan fingerprint density at radius 2 is 2.16 bits per heavy atom. The van der Waals surface area contributed by atoms with Crippen molar-refractivity contribution in [2.24, 2.45) is 0 Å². The summed E-state index contributed by atoms with van der Waals surface area (Å²) >= 11 is 0. The molecular formula is C13H16FN3O2. The third kappa shape index (κ3) is 3.08. The molecule has 1 aromatic rings. The van der Waals surface area contributed by atoms with Crippen molar-refractivity contribution in [3.05, 3.63) is 29.6 Å². The van der Waals surface area contributed by atoms with Gasteiger partial charge in [0, 0.05) is 12.2 Å². The maximum Gasteiger partial charge on any atom is 0.243 e. The summed E-state index contributed by atoms with van der Waals surface area (Å²) in [5.74, 6) is -1.06. The van der Waals surface area contributed by atoms with Crippen LogP contribution in [0.15, 0.2) is 18.2 Å². The van der Waals surface area contributed by atoms with Gasteiger partial charge in [-0.25, -0.2) is 4.39 Å². The molecule has 6 heteroatoms. The lowest BCUT2D eigenvalue weighted by Gasteiger charge is -2.33. The minimum absolute atomic E-state index is 0.126. The van der Waals surface area contributed by atoms with Crippen molar-refractivity contribution in [3.63, 3.8) is 0 Å². The molecule has 1 heterocycles. The molecule has 0 aliphatic carbocycles. The van der Waals surface area contributed by atoms with E-state index in [-0.39, 0.29) is 24.4 Å². The Morgan fingerprint density at radius 1 is 1.42 bits per heavy atom. The van der Waals surface area contributed by atoms with Gasteiger partial charge in [0.25, 0.3) is 0 Å². The first-order chi connectivity index (χ1) is 8.99. The van der Waals surface area contributed by atoms with Crippen molar-refractivity contribution in [3.8, 4) is 0 Å². The van der Waals surface area contributed by atoms with E-state index in [1.54, 1.807) is 11.0 Å². The van der Waals surface area contributed by atoms with Crippen LogP contribution in [0.4, 0.5) is 10.1 Å². The molecule has 1 saturated heterocycles. The van der Waals surface area contributed by atoms with Gasteiger partial charge in [0.2, 0.25) is 11.8 Å². The molecule has 1 unspecified atom stereocenters. The summed E-state index contributed by atoms with van der Waals surface area (Å²) in [6.07, 6.45) is 0.587. The first-order valence-corrected chi connectivity index (χ1v) is 6.12. The van der Waals surface area contributed by atoms with E-state index in [1.165, 1.54) is 12.1 Å². The Hall–Kier alpha value is -1.95. The van der Waals surface area contributed by atoms with Gasteiger partial charge in [0.1, 0.15) is 5.82 Å². The Bertz CT molecular complexity index is 498. The van der Waals surface area contributed by atoms with Gasteiger partial charge >= 0.3 is 0 Å². The molecule has 0 aromatic heterocycles. The topological polar surface area (TPSA) is 75.4 Å². The quantitative estimate of drug-likeness (QED) is 0.621. The largest absolute Gasteiger partial charge is 0.399 e. The van der Waals surface area contributed by atoms with Crippen LogP contribution in [-0.2, 0) is 16.1 Å². The minimum Gasteiger partial charge on any atom is -0.399 e. The zero-order valence-electron chi connectivity index (χ0n) is 10.6. The summed E-state index contributed by atoms with van der Waals surface area (Å²) in [6, 6.07) is 3.86. The van der Waals surface area contributed by atoms with E-state index >= 15 is 0 Å². The van der Waals surface area contributed by atoms with Crippen LogP contribution >= 0.6 is 0 Å². The average molecular weight is 265 g/mol. The van der Waals surface area contributed by atoms with Crippen LogP contribution in [0.3, 0.4) is 0 Å². The summed E-state index contributed by atoms with van der Waals surface area (Å²) < 4.78 is 13.3. The highest BCUT2D eigenvalue weighted by Gasteiger charge is 2.32. The number of nitrogens with two attached hydrogens (primary N) is 1. The summed E-state index contributed by atoms with van der Waals surface area (Å²) in [5.41, 5.74) is 6.56. The predicted molar refractivity (Wildman–Crippen MR) is 68.5 cm³/mol. The van der Waals surface area contributed by atoms with Crippen molar-refractivity contribution in [2.45, 2.75) is 25.9 Å². The van der Waals surface area contributed by atoms with Gasteiger partial charge in [-0.15, -0.1) is 0 Å². The zero-order valence-corrected chi connectivity index (χ0v) is 10.6. The Labute approximate surface area is 110 Å². The summed E-state index contributed by atoms with van der Waals surface area (Å²) in [6.45, 7) is 2.31. The lowest BCUT2D eigenvalue weighted by Crippen LogP contribution is -2.57. The van der Waals surface area contributed by atoms with Gasteiger partial charge < -0.3 is 5.73 Å². The van der Waals surface area contributed by atoms with Gasteiger partial charge in [0.05, 0.1) is 12.6 Å². The fraction of sp³-hybridized carbons (Fsp3) is 0.385. The van der Waals surface area contributed by atoms with Crippen LogP contribution in [0.25, 0.3) is 0 Å². The number of rotatable bonds is 3. The lowest BCUT2D eigenvalue weighted by molar-refractivity contribution is -0.140. The second-order valence-corrected chi connectivity index (χ2v) is 4.63. The molecule has 1 aromatic carbocycles. The van der Waals surface area contributed by atoms with Crippen molar-refractivity contribution >= 4 is 17.5 Å². The van der Waals surface area contributed by atoms with Gasteiger partial charge in [-0.05, 0) is 30.2 Å². The van der Waals surface area contributed by atoms with Crippen LogP contribution in [0.1, 0.15) is 18.9 Å². The van der Waals surface area contributed by atoms with Crippen LogP contribution < -0.4 is 11.1 Å². The number of carbonyl (C=O) groups excluding carboxylic acids is 2. The van der Waals surface area contributed by atoms with Crippen molar-refractivity contribution in [1.82, 2.24) is 10.2 Å². The molecule has 5 nitrogen and oxygen atoms in total. The molecule has 1 fully saturated rings. The highest BCUT2D eigenvalue weighted by Crippen LogP contribution is 2.17. The highest BCUT2D eigenvalue weighted by molar-refractivity contribution is 6.01. The monoisotopic (exact) mass is 265 g/mol. The van der Waals surface area contributed by atoms with E-state index in [0.29, 0.717) is 24.2 Å². The Balaban J connectivity index is 2.19. The van der Waals surface area contributed by atoms with E-state index in [0.717, 1.165) is 0 Å². The number of carbonyl (C=O) groups is 2. The number of nitrogens with zero attached hydrogens (tertiary/aromatic N) is 1. The highest BCUT2D eigenvalue weighted by atomic mass is 19.1. The van der Waals surface area contributed by atoms with Crippen LogP contribution in [0, 0.1) is 5.82 Å². The summed E-state index contributed by atoms with van der Waals surface area (Å²) in [4.78, 5) is 24.8. The molecule has 0 radical (unpaired) electrons. The number of piperazine rings is 1. The van der Waals surface area contributed by atoms with Crippen LogP contribution in [-0.4, -0.2) is 29.3 Å². The third-order valence-corrected chi connectivity index (χ3v) is 3.11. The standard InChI is InChI=1S/C13H16FN3O2/c1-2-11-13(19)16-12(18)7-17(11)6-8-3-9(14)5-10(15)4-8/h3-5,11H,2,6-7,15H2,1H3,(H,16,18,19). The number of benzene rings is 1. The van der Waals surface area contributed by atoms with E-state index < -0.39 is 5.82 Å². The van der Waals surface area contributed by atoms with Gasteiger partial charge in [-0.1, -0.05) is 6.92 Å².